The van der Waals surface area contributed by atoms with Crippen LogP contribution in [0.15, 0.2) is 76.9 Å². The fourth-order valence-corrected chi connectivity index (χ4v) is 9.69. The summed E-state index contributed by atoms with van der Waals surface area (Å²) in [5.74, 6) is 1.26. The summed E-state index contributed by atoms with van der Waals surface area (Å²) in [6.45, 7) is 11.4. The molecule has 3 aromatic carbocycles. The number of fused-ring (bicyclic) bond motifs is 1. The first-order valence-electron chi connectivity index (χ1n) is 10.4. The molecular formula is C27H27Cl2OSiZr. The number of hydrogen-bond acceptors (Lipinski definition) is 1. The van der Waals surface area contributed by atoms with E-state index in [2.05, 4.69) is 94.5 Å². The maximum Gasteiger partial charge on any atom is 3.00 e. The van der Waals surface area contributed by atoms with Crippen LogP contribution in [0.5, 0.6) is 0 Å². The number of benzene rings is 2. The van der Waals surface area contributed by atoms with Crippen LogP contribution >= 0.6 is 0 Å². The Labute approximate surface area is 223 Å². The van der Waals surface area contributed by atoms with Crippen LogP contribution in [0.3, 0.4) is 0 Å². The predicted molar refractivity (Wildman–Crippen MR) is 126 cm³/mol. The molecule has 1 unspecified atom stereocenters. The fraction of sp³-hybridized carbons (Fsp3) is 0.222. The third kappa shape index (κ3) is 4.18. The zero-order chi connectivity index (χ0) is 20.3. The Balaban J connectivity index is 0.000000216. The van der Waals surface area contributed by atoms with E-state index < -0.39 is 8.07 Å². The Kier molecular flexibility index (Phi) is 8.38. The molecule has 3 aliphatic rings. The van der Waals surface area contributed by atoms with E-state index in [9.17, 15) is 0 Å². The van der Waals surface area contributed by atoms with Crippen molar-refractivity contribution in [2.75, 3.05) is 0 Å². The fourth-order valence-electron chi connectivity index (χ4n) is 5.46. The predicted octanol–water partition coefficient (Wildman–Crippen LogP) is 1.80. The molecule has 0 saturated carbocycles. The number of rotatable bonds is 1. The minimum absolute atomic E-state index is 0. The van der Waals surface area contributed by atoms with Gasteiger partial charge in [0, 0.05) is 11.1 Å². The van der Waals surface area contributed by atoms with Gasteiger partial charge in [0.05, 0.1) is 14.3 Å². The zero-order valence-corrected chi connectivity index (χ0v) is 24.1. The summed E-state index contributed by atoms with van der Waals surface area (Å²) in [6, 6.07) is 21.9. The Bertz CT molecular complexity index is 1260. The van der Waals surface area contributed by atoms with Crippen molar-refractivity contribution >= 4 is 24.0 Å². The normalized spacial score (nSPS) is 16.6. The molecule has 0 amide bonds. The molecule has 2 bridgehead atoms. The zero-order valence-electron chi connectivity index (χ0n) is 19.1. The molecule has 2 aliphatic heterocycles. The Morgan fingerprint density at radius 1 is 0.875 bits per heavy atom. The second kappa shape index (κ2) is 9.94. The third-order valence-corrected chi connectivity index (χ3v) is 10.8. The van der Waals surface area contributed by atoms with Gasteiger partial charge in [-0.1, -0.05) is 67.0 Å². The quantitative estimate of drug-likeness (QED) is 0.257. The van der Waals surface area contributed by atoms with Gasteiger partial charge in [0.1, 0.15) is 5.76 Å². The number of halogens is 2. The van der Waals surface area contributed by atoms with E-state index in [-0.39, 0.29) is 51.0 Å². The number of furan rings is 1. The van der Waals surface area contributed by atoms with Crippen molar-refractivity contribution in [2.24, 2.45) is 0 Å². The molecule has 1 aromatic heterocycles. The number of allylic oxidation sites excluding steroid dienone is 1. The number of aryl methyl sites for hydroxylation is 2. The molecular weight excluding hydrogens is 531 g/mol. The van der Waals surface area contributed by atoms with Crippen LogP contribution in [0.2, 0.25) is 13.1 Å². The van der Waals surface area contributed by atoms with Gasteiger partial charge in [0.15, 0.2) is 0 Å². The van der Waals surface area contributed by atoms with Crippen LogP contribution in [0.1, 0.15) is 34.9 Å². The molecule has 0 saturated heterocycles. The second-order valence-electron chi connectivity index (χ2n) is 9.12. The van der Waals surface area contributed by atoms with Gasteiger partial charge >= 0.3 is 26.2 Å². The molecule has 0 fully saturated rings. The average Bonchev–Trinajstić information content (AvgIpc) is 3.38. The molecule has 5 heteroatoms. The van der Waals surface area contributed by atoms with Crippen LogP contribution in [0.4, 0.5) is 0 Å². The maximum atomic E-state index is 5.53. The third-order valence-electron chi connectivity index (χ3n) is 6.68. The molecule has 163 valence electrons. The van der Waals surface area contributed by atoms with Gasteiger partial charge in [0.25, 0.3) is 0 Å². The van der Waals surface area contributed by atoms with E-state index in [4.69, 9.17) is 4.42 Å². The van der Waals surface area contributed by atoms with E-state index in [0.29, 0.717) is 5.54 Å². The minimum atomic E-state index is -1.08. The van der Waals surface area contributed by atoms with Crippen LogP contribution in [-0.4, -0.2) is 8.07 Å². The first-order chi connectivity index (χ1) is 13.9. The molecule has 32 heavy (non-hydrogen) atoms. The smallest absolute Gasteiger partial charge is 1.00 e. The van der Waals surface area contributed by atoms with Crippen molar-refractivity contribution in [2.45, 2.75) is 39.4 Å². The number of hydrogen-bond donors (Lipinski definition) is 0. The molecule has 3 heterocycles. The van der Waals surface area contributed by atoms with Crippen molar-refractivity contribution in [1.29, 1.82) is 0 Å². The second-order valence-corrected chi connectivity index (χ2v) is 13.6. The molecule has 7 rings (SSSR count). The van der Waals surface area contributed by atoms with Crippen molar-refractivity contribution in [3.63, 3.8) is 0 Å². The summed E-state index contributed by atoms with van der Waals surface area (Å²) in [6.07, 6.45) is 1.83. The summed E-state index contributed by atoms with van der Waals surface area (Å²) in [4.78, 5) is 0. The van der Waals surface area contributed by atoms with E-state index in [1.54, 1.807) is 10.8 Å². The van der Waals surface area contributed by atoms with E-state index in [1.807, 2.05) is 6.26 Å². The summed E-state index contributed by atoms with van der Waals surface area (Å²) >= 11 is 0. The van der Waals surface area contributed by atoms with Crippen LogP contribution in [0.25, 0.3) is 27.1 Å². The van der Waals surface area contributed by atoms with Crippen molar-refractivity contribution in [3.8, 4) is 11.1 Å². The Morgan fingerprint density at radius 3 is 2.19 bits per heavy atom. The Hall–Kier alpha value is -1.25. The molecule has 0 spiro atoms. The van der Waals surface area contributed by atoms with Crippen molar-refractivity contribution < 1.29 is 55.4 Å². The maximum absolute atomic E-state index is 5.53. The van der Waals surface area contributed by atoms with Crippen LogP contribution < -0.4 is 24.8 Å². The SMILES string of the molecule is CC1=C2c3ccoc3C1[Si]2(C)C.Cc1ccc(-c2cccc3[cH-]c(C)cc23)cc1.[Cl-].[Cl-].[Zr+3]. The first-order valence-corrected chi connectivity index (χ1v) is 13.5. The van der Waals surface area contributed by atoms with Gasteiger partial charge in [-0.05, 0) is 30.7 Å². The minimum Gasteiger partial charge on any atom is -1.00 e. The molecule has 1 nitrogen and oxygen atoms in total. The van der Waals surface area contributed by atoms with E-state index >= 15 is 0 Å². The summed E-state index contributed by atoms with van der Waals surface area (Å²) in [7, 11) is -1.08. The first kappa shape index (κ1) is 27.0. The van der Waals surface area contributed by atoms with Gasteiger partial charge in [-0.25, -0.2) is 0 Å². The van der Waals surface area contributed by atoms with Crippen LogP contribution in [0, 0.1) is 13.8 Å². The summed E-state index contributed by atoms with van der Waals surface area (Å²) in [5.41, 5.74) is 8.98. The molecule has 0 N–H and O–H groups in total. The summed E-state index contributed by atoms with van der Waals surface area (Å²) < 4.78 is 5.53. The van der Waals surface area contributed by atoms with Gasteiger partial charge in [0.2, 0.25) is 0 Å². The molecule has 1 radical (unpaired) electrons. The van der Waals surface area contributed by atoms with Crippen LogP contribution in [-0.2, 0) is 26.2 Å². The van der Waals surface area contributed by atoms with E-state index in [0.717, 1.165) is 0 Å². The van der Waals surface area contributed by atoms with Gasteiger partial charge in [-0.15, -0.1) is 34.5 Å². The standard InChI is InChI=1S/C17H15.C10H12OSi.2ClH.Zr/c1-12-6-8-14(9-7-12)16-5-3-4-15-10-13(2)11-17(15)16;1-6-9-7-4-5-11-8(7)10(6)12(9,2)3;;;/h3-11H,1-2H3;4-5,10H,1-3H3;2*1H;/q-1;;;;+3/p-2. The van der Waals surface area contributed by atoms with Gasteiger partial charge < -0.3 is 29.2 Å². The summed E-state index contributed by atoms with van der Waals surface area (Å²) in [5, 5.41) is 4.35. The van der Waals surface area contributed by atoms with Gasteiger partial charge in [-0.3, -0.25) is 0 Å². The topological polar surface area (TPSA) is 13.1 Å². The van der Waals surface area contributed by atoms with Crippen molar-refractivity contribution in [3.05, 3.63) is 95.0 Å². The molecule has 1 atom stereocenters. The van der Waals surface area contributed by atoms with Crippen molar-refractivity contribution in [1.82, 2.24) is 0 Å². The Morgan fingerprint density at radius 2 is 1.56 bits per heavy atom. The van der Waals surface area contributed by atoms with E-state index in [1.165, 1.54) is 44.3 Å². The largest absolute Gasteiger partial charge is 3.00 e. The monoisotopic (exact) mass is 555 g/mol. The van der Waals surface area contributed by atoms with Gasteiger partial charge in [-0.2, -0.15) is 6.07 Å². The molecule has 4 aromatic rings. The molecule has 1 aliphatic carbocycles. The average molecular weight is 558 g/mol.